The smallest absolute Gasteiger partial charge is 0.225 e. The highest BCUT2D eigenvalue weighted by Crippen LogP contribution is 2.28. The molecule has 1 saturated heterocycles. The van der Waals surface area contributed by atoms with Crippen molar-refractivity contribution in [1.29, 1.82) is 5.26 Å². The summed E-state index contributed by atoms with van der Waals surface area (Å²) in [6, 6.07) is 12.0. The highest BCUT2D eigenvalue weighted by molar-refractivity contribution is 5.79. The van der Waals surface area contributed by atoms with Gasteiger partial charge in [-0.2, -0.15) is 5.26 Å². The van der Waals surface area contributed by atoms with Crippen LogP contribution >= 0.6 is 0 Å². The van der Waals surface area contributed by atoms with E-state index in [0.29, 0.717) is 17.9 Å². The van der Waals surface area contributed by atoms with Gasteiger partial charge in [-0.15, -0.1) is 0 Å². The fourth-order valence-corrected chi connectivity index (χ4v) is 3.99. The molecular weight excluding hydrogens is 390 g/mol. The molecule has 1 N–H and O–H groups in total. The van der Waals surface area contributed by atoms with Crippen molar-refractivity contribution >= 4 is 5.91 Å². The number of likely N-dealkylation sites (tertiary alicyclic amines) is 1. The van der Waals surface area contributed by atoms with Gasteiger partial charge >= 0.3 is 0 Å². The summed E-state index contributed by atoms with van der Waals surface area (Å²) in [5.41, 5.74) is 4.84. The van der Waals surface area contributed by atoms with E-state index in [-0.39, 0.29) is 17.9 Å². The number of nitriles is 1. The molecule has 2 aromatic carbocycles. The molecule has 0 aromatic heterocycles. The Labute approximate surface area is 184 Å². The molecule has 0 bridgehead atoms. The van der Waals surface area contributed by atoms with E-state index in [0.717, 1.165) is 42.1 Å². The lowest BCUT2D eigenvalue weighted by Gasteiger charge is -2.38. The molecule has 0 radical (unpaired) electrons. The van der Waals surface area contributed by atoms with Gasteiger partial charge in [0.15, 0.2) is 0 Å². The van der Waals surface area contributed by atoms with Gasteiger partial charge in [-0.1, -0.05) is 12.1 Å². The van der Waals surface area contributed by atoms with Gasteiger partial charge in [-0.3, -0.25) is 9.69 Å². The SMILES string of the molecule is CNC(=O)C1CN(Cc2cc(C)c(OCc3cc(C#N)cc(OC(C)C)c3)c(C)c2)C1. The lowest BCUT2D eigenvalue weighted by atomic mass is 9.97. The standard InChI is InChI=1S/C25H31N3O3/c1-16(2)31-23-9-19(11-26)8-21(10-23)15-30-24-17(3)6-20(7-18(24)4)12-28-13-22(14-28)25(29)27-5/h6-10,16,22H,12-15H2,1-5H3,(H,27,29). The normalized spacial score (nSPS) is 14.1. The predicted octanol–water partition coefficient (Wildman–Crippen LogP) is 3.72. The first-order chi connectivity index (χ1) is 14.8. The fraction of sp³-hybridized carbons (Fsp3) is 0.440. The van der Waals surface area contributed by atoms with E-state index in [1.54, 1.807) is 13.1 Å². The quantitative estimate of drug-likeness (QED) is 0.703. The number of carbonyl (C=O) groups is 1. The minimum absolute atomic E-state index is 0.0396. The van der Waals surface area contributed by atoms with Crippen molar-refractivity contribution in [3.63, 3.8) is 0 Å². The molecule has 6 nitrogen and oxygen atoms in total. The molecule has 1 aliphatic rings. The Morgan fingerprint density at radius 1 is 1.16 bits per heavy atom. The zero-order valence-electron chi connectivity index (χ0n) is 19.0. The summed E-state index contributed by atoms with van der Waals surface area (Å²) in [7, 11) is 1.69. The molecular formula is C25H31N3O3. The highest BCUT2D eigenvalue weighted by atomic mass is 16.5. The van der Waals surface area contributed by atoms with E-state index in [4.69, 9.17) is 9.47 Å². The second-order valence-corrected chi connectivity index (χ2v) is 8.50. The number of hydrogen-bond acceptors (Lipinski definition) is 5. The Hall–Kier alpha value is -3.04. The van der Waals surface area contributed by atoms with Crippen LogP contribution in [0.5, 0.6) is 11.5 Å². The monoisotopic (exact) mass is 421 g/mol. The second kappa shape index (κ2) is 9.84. The first-order valence-electron chi connectivity index (χ1n) is 10.7. The van der Waals surface area contributed by atoms with Crippen LogP contribution in [-0.4, -0.2) is 37.0 Å². The number of carbonyl (C=O) groups excluding carboxylic acids is 1. The minimum Gasteiger partial charge on any atom is -0.491 e. The maximum atomic E-state index is 11.7. The van der Waals surface area contributed by atoms with Crippen LogP contribution in [0, 0.1) is 31.1 Å². The molecule has 0 unspecified atom stereocenters. The summed E-state index contributed by atoms with van der Waals surface area (Å²) < 4.78 is 11.9. The molecule has 1 fully saturated rings. The largest absolute Gasteiger partial charge is 0.491 e. The first kappa shape index (κ1) is 22.6. The molecule has 0 atom stereocenters. The Morgan fingerprint density at radius 2 is 1.84 bits per heavy atom. The first-order valence-corrected chi connectivity index (χ1v) is 10.7. The molecule has 1 amide bonds. The van der Waals surface area contributed by atoms with Crippen molar-refractivity contribution in [2.45, 2.75) is 47.0 Å². The Morgan fingerprint density at radius 3 is 2.42 bits per heavy atom. The van der Waals surface area contributed by atoms with Crippen LogP contribution in [0.2, 0.25) is 0 Å². The van der Waals surface area contributed by atoms with Crippen molar-refractivity contribution < 1.29 is 14.3 Å². The zero-order valence-corrected chi connectivity index (χ0v) is 19.0. The maximum absolute atomic E-state index is 11.7. The molecule has 1 aliphatic heterocycles. The van der Waals surface area contributed by atoms with Crippen molar-refractivity contribution in [3.05, 3.63) is 58.1 Å². The van der Waals surface area contributed by atoms with Gasteiger partial charge in [0.05, 0.1) is 23.7 Å². The van der Waals surface area contributed by atoms with Gasteiger partial charge in [0.1, 0.15) is 18.1 Å². The van der Waals surface area contributed by atoms with E-state index < -0.39 is 0 Å². The Balaban J connectivity index is 1.65. The van der Waals surface area contributed by atoms with E-state index in [1.165, 1.54) is 5.56 Å². The van der Waals surface area contributed by atoms with Gasteiger partial charge < -0.3 is 14.8 Å². The molecule has 0 spiro atoms. The van der Waals surface area contributed by atoms with Crippen molar-refractivity contribution in [1.82, 2.24) is 10.2 Å². The summed E-state index contributed by atoms with van der Waals surface area (Å²) in [4.78, 5) is 13.9. The Bertz CT molecular complexity index is 965. The maximum Gasteiger partial charge on any atom is 0.225 e. The number of hydrogen-bond donors (Lipinski definition) is 1. The summed E-state index contributed by atoms with van der Waals surface area (Å²) in [5.74, 6) is 1.77. The van der Waals surface area contributed by atoms with Gasteiger partial charge in [0, 0.05) is 26.7 Å². The molecule has 6 heteroatoms. The second-order valence-electron chi connectivity index (χ2n) is 8.50. The topological polar surface area (TPSA) is 74.6 Å². The number of aryl methyl sites for hydroxylation is 2. The van der Waals surface area contributed by atoms with E-state index in [1.807, 2.05) is 39.8 Å². The van der Waals surface area contributed by atoms with Crippen molar-refractivity contribution in [2.75, 3.05) is 20.1 Å². The molecule has 3 rings (SSSR count). The van der Waals surface area contributed by atoms with Crippen LogP contribution in [-0.2, 0) is 17.9 Å². The summed E-state index contributed by atoms with van der Waals surface area (Å²) >= 11 is 0. The number of nitrogens with one attached hydrogen (secondary N) is 1. The summed E-state index contributed by atoms with van der Waals surface area (Å²) in [6.07, 6.45) is 0.0396. The van der Waals surface area contributed by atoms with E-state index in [2.05, 4.69) is 28.4 Å². The number of ether oxygens (including phenoxy) is 2. The van der Waals surface area contributed by atoms with Gasteiger partial charge in [-0.25, -0.2) is 0 Å². The van der Waals surface area contributed by atoms with Crippen molar-refractivity contribution in [3.8, 4) is 17.6 Å². The van der Waals surface area contributed by atoms with Gasteiger partial charge in [0.2, 0.25) is 5.91 Å². The fourth-order valence-electron chi connectivity index (χ4n) is 3.99. The number of rotatable bonds is 8. The number of amides is 1. The number of nitrogens with zero attached hydrogens (tertiary/aromatic N) is 2. The van der Waals surface area contributed by atoms with Crippen LogP contribution in [0.3, 0.4) is 0 Å². The molecule has 0 saturated carbocycles. The third-order valence-electron chi connectivity index (χ3n) is 5.35. The lowest BCUT2D eigenvalue weighted by molar-refractivity contribution is -0.129. The number of benzene rings is 2. The highest BCUT2D eigenvalue weighted by Gasteiger charge is 2.31. The average Bonchev–Trinajstić information content (AvgIpc) is 2.68. The summed E-state index contributed by atoms with van der Waals surface area (Å²) in [5, 5.41) is 12.0. The molecule has 0 aliphatic carbocycles. The molecule has 1 heterocycles. The van der Waals surface area contributed by atoms with Crippen LogP contribution in [0.15, 0.2) is 30.3 Å². The third kappa shape index (κ3) is 5.77. The van der Waals surface area contributed by atoms with Gasteiger partial charge in [0.25, 0.3) is 0 Å². The third-order valence-corrected chi connectivity index (χ3v) is 5.35. The van der Waals surface area contributed by atoms with Gasteiger partial charge in [-0.05, 0) is 68.1 Å². The minimum atomic E-state index is 0.0396. The zero-order chi connectivity index (χ0) is 22.5. The Kier molecular flexibility index (Phi) is 7.19. The molecule has 164 valence electrons. The van der Waals surface area contributed by atoms with Crippen LogP contribution < -0.4 is 14.8 Å². The average molecular weight is 422 g/mol. The van der Waals surface area contributed by atoms with Crippen LogP contribution in [0.1, 0.15) is 41.7 Å². The lowest BCUT2D eigenvalue weighted by Crippen LogP contribution is -2.52. The van der Waals surface area contributed by atoms with Crippen LogP contribution in [0.25, 0.3) is 0 Å². The van der Waals surface area contributed by atoms with E-state index >= 15 is 0 Å². The predicted molar refractivity (Wildman–Crippen MR) is 120 cm³/mol. The van der Waals surface area contributed by atoms with E-state index in [9.17, 15) is 10.1 Å². The molecule has 2 aromatic rings. The molecule has 31 heavy (non-hydrogen) atoms. The summed E-state index contributed by atoms with van der Waals surface area (Å²) in [6.45, 7) is 10.8. The van der Waals surface area contributed by atoms with Crippen LogP contribution in [0.4, 0.5) is 0 Å². The van der Waals surface area contributed by atoms with Crippen molar-refractivity contribution in [2.24, 2.45) is 5.92 Å².